The molecule has 1 saturated heterocycles. The fraction of sp³-hybridized carbons (Fsp3) is 0.765. The minimum absolute atomic E-state index is 0.266. The van der Waals surface area contributed by atoms with Crippen molar-refractivity contribution in [3.05, 3.63) is 23.5 Å². The van der Waals surface area contributed by atoms with E-state index in [1.807, 2.05) is 0 Å². The third-order valence-electron chi connectivity index (χ3n) is 4.80. The van der Waals surface area contributed by atoms with E-state index >= 15 is 0 Å². The van der Waals surface area contributed by atoms with Gasteiger partial charge in [0.05, 0.1) is 13.1 Å². The zero-order valence-electron chi connectivity index (χ0n) is 14.9. The van der Waals surface area contributed by atoms with Crippen molar-refractivity contribution in [1.29, 1.82) is 0 Å². The number of aromatic nitrogens is 4. The molecule has 2 aromatic rings. The topological polar surface area (TPSA) is 93.1 Å². The molecule has 2 aromatic heterocycles. The molecule has 2 aliphatic rings. The third-order valence-corrected chi connectivity index (χ3v) is 4.80. The molecule has 4 rings (SSSR count). The quantitative estimate of drug-likeness (QED) is 0.815. The number of piperidine rings is 1. The molecule has 1 N–H and O–H groups in total. The fourth-order valence-corrected chi connectivity index (χ4v) is 3.20. The van der Waals surface area contributed by atoms with Crippen molar-refractivity contribution in [3.63, 3.8) is 0 Å². The van der Waals surface area contributed by atoms with Crippen molar-refractivity contribution in [3.8, 4) is 0 Å². The van der Waals surface area contributed by atoms with Gasteiger partial charge >= 0.3 is 0 Å². The van der Waals surface area contributed by atoms with Crippen LogP contribution in [0, 0.1) is 0 Å². The average Bonchev–Trinajstić information content (AvgIpc) is 3.16. The number of likely N-dealkylation sites (tertiary alicyclic amines) is 1. The molecule has 1 aliphatic heterocycles. The molecule has 25 heavy (non-hydrogen) atoms. The van der Waals surface area contributed by atoms with Gasteiger partial charge in [-0.3, -0.25) is 4.90 Å². The van der Waals surface area contributed by atoms with Crippen LogP contribution in [0.2, 0.25) is 0 Å². The highest BCUT2D eigenvalue weighted by atomic mass is 16.5. The summed E-state index contributed by atoms with van der Waals surface area (Å²) in [6, 6.07) is 0.415. The fourth-order valence-electron chi connectivity index (χ4n) is 3.20. The molecular formula is C17H26N6O2. The summed E-state index contributed by atoms with van der Waals surface area (Å²) in [7, 11) is 0. The summed E-state index contributed by atoms with van der Waals surface area (Å²) >= 11 is 0. The van der Waals surface area contributed by atoms with Crippen LogP contribution in [0.5, 0.6) is 0 Å². The van der Waals surface area contributed by atoms with Gasteiger partial charge in [-0.1, -0.05) is 19.0 Å². The molecule has 8 heteroatoms. The molecule has 0 spiro atoms. The van der Waals surface area contributed by atoms with E-state index in [2.05, 4.69) is 44.4 Å². The van der Waals surface area contributed by atoms with Gasteiger partial charge in [-0.2, -0.15) is 4.98 Å². The monoisotopic (exact) mass is 346 g/mol. The summed E-state index contributed by atoms with van der Waals surface area (Å²) in [6.45, 7) is 7.52. The first-order chi connectivity index (χ1) is 12.2. The summed E-state index contributed by atoms with van der Waals surface area (Å²) in [5, 5.41) is 15.9. The van der Waals surface area contributed by atoms with Crippen LogP contribution in [0.1, 0.15) is 74.9 Å². The zero-order valence-corrected chi connectivity index (χ0v) is 14.9. The predicted molar refractivity (Wildman–Crippen MR) is 89.8 cm³/mol. The van der Waals surface area contributed by atoms with Crippen LogP contribution in [0.25, 0.3) is 0 Å². The lowest BCUT2D eigenvalue weighted by atomic mass is 10.1. The van der Waals surface area contributed by atoms with E-state index in [0.29, 0.717) is 30.3 Å². The van der Waals surface area contributed by atoms with E-state index in [4.69, 9.17) is 8.94 Å². The molecule has 0 unspecified atom stereocenters. The highest BCUT2D eigenvalue weighted by molar-refractivity contribution is 5.02. The van der Waals surface area contributed by atoms with Gasteiger partial charge in [0.2, 0.25) is 17.7 Å². The SMILES string of the molecule is CC(C)c1nnc(CN[C@H]2CCCN(Cc3noc(C4CC4)n3)C2)o1. The van der Waals surface area contributed by atoms with E-state index in [1.54, 1.807) is 0 Å². The Hall–Kier alpha value is -1.80. The molecule has 8 nitrogen and oxygen atoms in total. The molecule has 0 aromatic carbocycles. The van der Waals surface area contributed by atoms with Gasteiger partial charge in [-0.25, -0.2) is 0 Å². The van der Waals surface area contributed by atoms with Gasteiger partial charge < -0.3 is 14.3 Å². The van der Waals surface area contributed by atoms with E-state index in [1.165, 1.54) is 12.8 Å². The number of nitrogens with zero attached hydrogens (tertiary/aromatic N) is 5. The molecule has 0 amide bonds. The molecule has 0 radical (unpaired) electrons. The van der Waals surface area contributed by atoms with Gasteiger partial charge in [0.25, 0.3) is 0 Å². The molecule has 3 heterocycles. The van der Waals surface area contributed by atoms with Crippen molar-refractivity contribution in [2.24, 2.45) is 0 Å². The van der Waals surface area contributed by atoms with E-state index < -0.39 is 0 Å². The van der Waals surface area contributed by atoms with Gasteiger partial charge in [0.1, 0.15) is 0 Å². The molecule has 1 atom stereocenters. The Morgan fingerprint density at radius 3 is 2.88 bits per heavy atom. The largest absolute Gasteiger partial charge is 0.424 e. The van der Waals surface area contributed by atoms with Crippen LogP contribution in [-0.4, -0.2) is 44.4 Å². The summed E-state index contributed by atoms with van der Waals surface area (Å²) < 4.78 is 11.0. The standard InChI is InChI=1S/C17H26N6O2/c1-11(2)16-21-20-15(24-16)8-18-13-4-3-7-23(9-13)10-14-19-17(25-22-14)12-5-6-12/h11-13,18H,3-10H2,1-2H3/t13-/m0/s1. The van der Waals surface area contributed by atoms with Crippen LogP contribution >= 0.6 is 0 Å². The van der Waals surface area contributed by atoms with Crippen LogP contribution in [0.15, 0.2) is 8.94 Å². The lowest BCUT2D eigenvalue weighted by molar-refractivity contribution is 0.175. The lowest BCUT2D eigenvalue weighted by Crippen LogP contribution is -2.45. The van der Waals surface area contributed by atoms with Crippen LogP contribution in [0.4, 0.5) is 0 Å². The zero-order chi connectivity index (χ0) is 17.2. The summed E-state index contributed by atoms with van der Waals surface area (Å²) in [5.41, 5.74) is 0. The summed E-state index contributed by atoms with van der Waals surface area (Å²) in [5.74, 6) is 3.77. The Morgan fingerprint density at radius 2 is 2.12 bits per heavy atom. The van der Waals surface area contributed by atoms with Crippen molar-refractivity contribution in [2.75, 3.05) is 13.1 Å². The maximum Gasteiger partial charge on any atom is 0.230 e. The maximum absolute atomic E-state index is 5.66. The second-order valence-corrected chi connectivity index (χ2v) is 7.47. The smallest absolute Gasteiger partial charge is 0.230 e. The Bertz CT molecular complexity index is 693. The predicted octanol–water partition coefficient (Wildman–Crippen LogP) is 2.21. The van der Waals surface area contributed by atoms with Crippen LogP contribution < -0.4 is 5.32 Å². The summed E-state index contributed by atoms with van der Waals surface area (Å²) in [4.78, 5) is 6.92. The maximum atomic E-state index is 5.66. The molecule has 0 bridgehead atoms. The molecule has 1 saturated carbocycles. The molecule has 136 valence electrons. The normalized spacial score (nSPS) is 22.0. The summed E-state index contributed by atoms with van der Waals surface area (Å²) in [6.07, 6.45) is 4.68. The Balaban J connectivity index is 1.26. The highest BCUT2D eigenvalue weighted by Gasteiger charge is 2.30. The first kappa shape index (κ1) is 16.7. The van der Waals surface area contributed by atoms with Crippen molar-refractivity contribution < 1.29 is 8.94 Å². The van der Waals surface area contributed by atoms with Gasteiger partial charge in [-0.05, 0) is 32.2 Å². The minimum atomic E-state index is 0.266. The van der Waals surface area contributed by atoms with Crippen molar-refractivity contribution in [1.82, 2.24) is 30.6 Å². The van der Waals surface area contributed by atoms with E-state index in [-0.39, 0.29) is 5.92 Å². The lowest BCUT2D eigenvalue weighted by Gasteiger charge is -2.32. The van der Waals surface area contributed by atoms with Crippen molar-refractivity contribution in [2.45, 2.75) is 70.5 Å². The van der Waals surface area contributed by atoms with Crippen LogP contribution in [-0.2, 0) is 13.1 Å². The molecular weight excluding hydrogens is 320 g/mol. The van der Waals surface area contributed by atoms with Gasteiger partial charge in [0, 0.05) is 24.4 Å². The Kier molecular flexibility index (Phi) is 4.80. The highest BCUT2D eigenvalue weighted by Crippen LogP contribution is 2.38. The number of hydrogen-bond donors (Lipinski definition) is 1. The minimum Gasteiger partial charge on any atom is -0.424 e. The molecule has 1 aliphatic carbocycles. The second-order valence-electron chi connectivity index (χ2n) is 7.47. The van der Waals surface area contributed by atoms with Gasteiger partial charge in [-0.15, -0.1) is 10.2 Å². The number of hydrogen-bond acceptors (Lipinski definition) is 8. The van der Waals surface area contributed by atoms with E-state index in [9.17, 15) is 0 Å². The number of nitrogens with one attached hydrogen (secondary N) is 1. The van der Waals surface area contributed by atoms with E-state index in [0.717, 1.165) is 44.2 Å². The van der Waals surface area contributed by atoms with Crippen LogP contribution in [0.3, 0.4) is 0 Å². The van der Waals surface area contributed by atoms with Gasteiger partial charge in [0.15, 0.2) is 5.82 Å². The number of rotatable bonds is 7. The van der Waals surface area contributed by atoms with Crippen molar-refractivity contribution >= 4 is 0 Å². The first-order valence-electron chi connectivity index (χ1n) is 9.28. The second kappa shape index (κ2) is 7.21. The first-order valence-corrected chi connectivity index (χ1v) is 9.28. The third kappa shape index (κ3) is 4.24. The Morgan fingerprint density at radius 1 is 1.24 bits per heavy atom. The average molecular weight is 346 g/mol. The molecule has 2 fully saturated rings. The Labute approximate surface area is 147 Å².